The van der Waals surface area contributed by atoms with Crippen LogP contribution in [-0.2, 0) is 9.59 Å². The average Bonchev–Trinajstić information content (AvgIpc) is 2.03. The summed E-state index contributed by atoms with van der Waals surface area (Å²) in [7, 11) is 0. The van der Waals surface area contributed by atoms with Crippen LogP contribution < -0.4 is 11.5 Å². The van der Waals surface area contributed by atoms with Crippen LogP contribution in [0.2, 0.25) is 0 Å². The molecule has 4 heteroatoms. The minimum atomic E-state index is -0.949. The molecule has 0 rings (SSSR count). The summed E-state index contributed by atoms with van der Waals surface area (Å²) in [5, 5.41) is 0. The van der Waals surface area contributed by atoms with Crippen LogP contribution in [0, 0.1) is 5.41 Å². The standard InChI is InChI=1S/C10H16N2O2/c1-3-5-10(6-4-2,9(12)14)7-8(11)13/h3-4H,1-2,5-7H2,(H2,11,13)(H2,12,14). The highest BCUT2D eigenvalue weighted by atomic mass is 16.2. The van der Waals surface area contributed by atoms with Gasteiger partial charge in [-0.3, -0.25) is 9.59 Å². The molecule has 0 bridgehead atoms. The number of carbonyl (C=O) groups is 2. The average molecular weight is 196 g/mol. The Morgan fingerprint density at radius 1 is 1.14 bits per heavy atom. The van der Waals surface area contributed by atoms with Crippen molar-refractivity contribution in [1.29, 1.82) is 0 Å². The zero-order valence-electron chi connectivity index (χ0n) is 8.16. The van der Waals surface area contributed by atoms with Gasteiger partial charge in [0.1, 0.15) is 0 Å². The summed E-state index contributed by atoms with van der Waals surface area (Å²) in [5.74, 6) is -1.09. The Kier molecular flexibility index (Phi) is 4.63. The second kappa shape index (κ2) is 5.21. The molecule has 14 heavy (non-hydrogen) atoms. The lowest BCUT2D eigenvalue weighted by Gasteiger charge is -2.26. The molecule has 0 aromatic rings. The normalized spacial score (nSPS) is 10.6. The maximum atomic E-state index is 11.3. The quantitative estimate of drug-likeness (QED) is 0.580. The van der Waals surface area contributed by atoms with Crippen LogP contribution in [0.3, 0.4) is 0 Å². The third kappa shape index (κ3) is 3.05. The summed E-state index contributed by atoms with van der Waals surface area (Å²) < 4.78 is 0. The Hall–Kier alpha value is -1.58. The van der Waals surface area contributed by atoms with E-state index in [2.05, 4.69) is 13.2 Å². The molecule has 0 spiro atoms. The molecule has 0 aromatic carbocycles. The van der Waals surface area contributed by atoms with Gasteiger partial charge in [-0.25, -0.2) is 0 Å². The Bertz CT molecular complexity index is 249. The van der Waals surface area contributed by atoms with E-state index in [0.717, 1.165) is 0 Å². The second-order valence-corrected chi connectivity index (χ2v) is 3.27. The molecule has 0 aliphatic heterocycles. The summed E-state index contributed by atoms with van der Waals surface area (Å²) in [4.78, 5) is 22.1. The Morgan fingerprint density at radius 2 is 1.57 bits per heavy atom. The first-order chi connectivity index (χ1) is 6.48. The molecule has 0 saturated carbocycles. The molecular formula is C10H16N2O2. The van der Waals surface area contributed by atoms with Gasteiger partial charge in [-0.2, -0.15) is 0 Å². The predicted octanol–water partition coefficient (Wildman–Crippen LogP) is 0.486. The van der Waals surface area contributed by atoms with E-state index < -0.39 is 17.2 Å². The van der Waals surface area contributed by atoms with E-state index in [1.165, 1.54) is 0 Å². The van der Waals surface area contributed by atoms with E-state index in [-0.39, 0.29) is 6.42 Å². The first-order valence-corrected chi connectivity index (χ1v) is 4.28. The van der Waals surface area contributed by atoms with Gasteiger partial charge in [-0.15, -0.1) is 13.2 Å². The summed E-state index contributed by atoms with van der Waals surface area (Å²) >= 11 is 0. The third-order valence-electron chi connectivity index (χ3n) is 2.11. The van der Waals surface area contributed by atoms with Crippen molar-refractivity contribution in [2.24, 2.45) is 16.9 Å². The van der Waals surface area contributed by atoms with Gasteiger partial charge in [-0.1, -0.05) is 12.2 Å². The zero-order valence-corrected chi connectivity index (χ0v) is 8.16. The molecule has 0 aromatic heterocycles. The topological polar surface area (TPSA) is 86.2 Å². The van der Waals surface area contributed by atoms with E-state index in [1.54, 1.807) is 12.2 Å². The van der Waals surface area contributed by atoms with Gasteiger partial charge in [0.05, 0.1) is 5.41 Å². The van der Waals surface area contributed by atoms with E-state index in [1.807, 2.05) is 0 Å². The van der Waals surface area contributed by atoms with E-state index in [0.29, 0.717) is 12.8 Å². The van der Waals surface area contributed by atoms with Gasteiger partial charge < -0.3 is 11.5 Å². The van der Waals surface area contributed by atoms with Crippen LogP contribution in [0.5, 0.6) is 0 Å². The maximum Gasteiger partial charge on any atom is 0.224 e. The van der Waals surface area contributed by atoms with Crippen LogP contribution >= 0.6 is 0 Å². The van der Waals surface area contributed by atoms with Crippen molar-refractivity contribution in [3.63, 3.8) is 0 Å². The maximum absolute atomic E-state index is 11.3. The van der Waals surface area contributed by atoms with Crippen LogP contribution in [0.1, 0.15) is 19.3 Å². The fourth-order valence-corrected chi connectivity index (χ4v) is 1.40. The highest BCUT2D eigenvalue weighted by Gasteiger charge is 2.35. The Balaban J connectivity index is 4.90. The number of primary amides is 2. The summed E-state index contributed by atoms with van der Waals surface area (Å²) in [6.07, 6.45) is 3.70. The lowest BCUT2D eigenvalue weighted by atomic mass is 9.77. The van der Waals surface area contributed by atoms with Crippen LogP contribution in [0.15, 0.2) is 25.3 Å². The number of hydrogen-bond donors (Lipinski definition) is 2. The van der Waals surface area contributed by atoms with Gasteiger partial charge in [0.25, 0.3) is 0 Å². The molecule has 2 amide bonds. The zero-order chi connectivity index (χ0) is 11.2. The third-order valence-corrected chi connectivity index (χ3v) is 2.11. The minimum Gasteiger partial charge on any atom is -0.370 e. The Labute approximate surface area is 83.6 Å². The number of hydrogen-bond acceptors (Lipinski definition) is 2. The molecule has 4 nitrogen and oxygen atoms in total. The van der Waals surface area contributed by atoms with Gasteiger partial charge in [-0.05, 0) is 12.8 Å². The predicted molar refractivity (Wildman–Crippen MR) is 55.1 cm³/mol. The molecule has 0 radical (unpaired) electrons. The van der Waals surface area contributed by atoms with Crippen molar-refractivity contribution in [3.8, 4) is 0 Å². The molecule has 78 valence electrons. The first kappa shape index (κ1) is 12.4. The summed E-state index contributed by atoms with van der Waals surface area (Å²) in [5.41, 5.74) is 9.36. The summed E-state index contributed by atoms with van der Waals surface area (Å²) in [6, 6.07) is 0. The van der Waals surface area contributed by atoms with Crippen molar-refractivity contribution in [2.75, 3.05) is 0 Å². The van der Waals surface area contributed by atoms with Gasteiger partial charge in [0, 0.05) is 6.42 Å². The minimum absolute atomic E-state index is 0.0691. The molecule has 0 heterocycles. The molecule has 0 saturated heterocycles. The van der Waals surface area contributed by atoms with Crippen LogP contribution in [0.4, 0.5) is 0 Å². The number of carbonyl (C=O) groups excluding carboxylic acids is 2. The van der Waals surface area contributed by atoms with E-state index in [9.17, 15) is 9.59 Å². The monoisotopic (exact) mass is 196 g/mol. The molecular weight excluding hydrogens is 180 g/mol. The van der Waals surface area contributed by atoms with Crippen LogP contribution in [-0.4, -0.2) is 11.8 Å². The van der Waals surface area contributed by atoms with Crippen molar-refractivity contribution >= 4 is 11.8 Å². The fourth-order valence-electron chi connectivity index (χ4n) is 1.40. The van der Waals surface area contributed by atoms with E-state index >= 15 is 0 Å². The lowest BCUT2D eigenvalue weighted by molar-refractivity contribution is -0.132. The SMILES string of the molecule is C=CCC(CC=C)(CC(N)=O)C(N)=O. The first-order valence-electron chi connectivity index (χ1n) is 4.28. The summed E-state index contributed by atoms with van der Waals surface area (Å²) in [6.45, 7) is 7.05. The van der Waals surface area contributed by atoms with E-state index in [4.69, 9.17) is 11.5 Å². The molecule has 0 atom stereocenters. The number of rotatable bonds is 7. The van der Waals surface area contributed by atoms with Crippen molar-refractivity contribution < 1.29 is 9.59 Å². The van der Waals surface area contributed by atoms with Gasteiger partial charge in [0.15, 0.2) is 0 Å². The highest BCUT2D eigenvalue weighted by molar-refractivity contribution is 5.87. The molecule has 0 fully saturated rings. The van der Waals surface area contributed by atoms with Gasteiger partial charge in [0.2, 0.25) is 11.8 Å². The van der Waals surface area contributed by atoms with Crippen LogP contribution in [0.25, 0.3) is 0 Å². The van der Waals surface area contributed by atoms with Crippen molar-refractivity contribution in [2.45, 2.75) is 19.3 Å². The lowest BCUT2D eigenvalue weighted by Crippen LogP contribution is -2.39. The molecule has 4 N–H and O–H groups in total. The second-order valence-electron chi connectivity index (χ2n) is 3.27. The highest BCUT2D eigenvalue weighted by Crippen LogP contribution is 2.31. The molecule has 0 aliphatic carbocycles. The van der Waals surface area contributed by atoms with Crippen molar-refractivity contribution in [3.05, 3.63) is 25.3 Å². The number of nitrogens with two attached hydrogens (primary N) is 2. The Morgan fingerprint density at radius 3 is 1.79 bits per heavy atom. The molecule has 0 aliphatic rings. The van der Waals surface area contributed by atoms with Crippen molar-refractivity contribution in [1.82, 2.24) is 0 Å². The number of amides is 2. The molecule has 0 unspecified atom stereocenters. The fraction of sp³-hybridized carbons (Fsp3) is 0.400. The smallest absolute Gasteiger partial charge is 0.224 e. The largest absolute Gasteiger partial charge is 0.370 e. The van der Waals surface area contributed by atoms with Gasteiger partial charge >= 0.3 is 0 Å². The number of allylic oxidation sites excluding steroid dienone is 2.